The third-order valence-electron chi connectivity index (χ3n) is 8.08. The largest absolute Gasteiger partial charge is 0.398 e. The van der Waals surface area contributed by atoms with Crippen LogP contribution >= 0.6 is 22.6 Å². The van der Waals surface area contributed by atoms with Crippen LogP contribution in [0.15, 0.2) is 12.1 Å². The van der Waals surface area contributed by atoms with E-state index in [-0.39, 0.29) is 0 Å². The summed E-state index contributed by atoms with van der Waals surface area (Å²) in [7, 11) is 0. The molecule has 0 heterocycles. The molecule has 4 rings (SSSR count). The zero-order chi connectivity index (χ0) is 16.5. The number of rotatable bonds is 0. The Bertz CT molecular complexity index is 639. The van der Waals surface area contributed by atoms with Crippen molar-refractivity contribution in [2.24, 2.45) is 35.0 Å². The molecular formula is C21H30IN. The summed E-state index contributed by atoms with van der Waals surface area (Å²) in [6.45, 7) is 10.2. The maximum Gasteiger partial charge on any atom is 0.0452 e. The Morgan fingerprint density at radius 2 is 1.91 bits per heavy atom. The Labute approximate surface area is 154 Å². The molecule has 1 nitrogen and oxygen atoms in total. The summed E-state index contributed by atoms with van der Waals surface area (Å²) in [6.07, 6.45) is 5.47. The molecule has 126 valence electrons. The normalized spacial score (nSPS) is 45.3. The number of nitrogens with two attached hydrogens (primary N) is 1. The second-order valence-corrected chi connectivity index (χ2v) is 10.3. The Kier molecular flexibility index (Phi) is 3.79. The molecule has 0 aromatic heterocycles. The van der Waals surface area contributed by atoms with Crippen molar-refractivity contribution in [3.8, 4) is 0 Å². The highest BCUT2D eigenvalue weighted by molar-refractivity contribution is 14.1. The van der Waals surface area contributed by atoms with E-state index in [0.29, 0.717) is 5.41 Å². The van der Waals surface area contributed by atoms with Crippen molar-refractivity contribution >= 4 is 28.3 Å². The van der Waals surface area contributed by atoms with E-state index in [9.17, 15) is 0 Å². The minimum absolute atomic E-state index is 0.568. The smallest absolute Gasteiger partial charge is 0.0452 e. The Balaban J connectivity index is 1.78. The van der Waals surface area contributed by atoms with Crippen LogP contribution in [-0.2, 0) is 6.42 Å². The summed E-state index contributed by atoms with van der Waals surface area (Å²) in [5.41, 5.74) is 10.9. The molecule has 0 aliphatic heterocycles. The molecular weight excluding hydrogens is 393 g/mol. The predicted molar refractivity (Wildman–Crippen MR) is 106 cm³/mol. The first kappa shape index (κ1) is 16.2. The van der Waals surface area contributed by atoms with Gasteiger partial charge in [0.25, 0.3) is 0 Å². The summed E-state index contributed by atoms with van der Waals surface area (Å²) in [5.74, 6) is 5.16. The van der Waals surface area contributed by atoms with Gasteiger partial charge in [-0.25, -0.2) is 0 Å². The minimum Gasteiger partial charge on any atom is -0.398 e. The molecule has 0 saturated heterocycles. The van der Waals surface area contributed by atoms with Crippen LogP contribution < -0.4 is 5.73 Å². The Morgan fingerprint density at radius 1 is 1.17 bits per heavy atom. The van der Waals surface area contributed by atoms with Crippen LogP contribution in [0.3, 0.4) is 0 Å². The number of hydrogen-bond donors (Lipinski definition) is 1. The first-order valence-corrected chi connectivity index (χ1v) is 10.5. The summed E-state index contributed by atoms with van der Waals surface area (Å²) >= 11 is 2.42. The second kappa shape index (κ2) is 5.37. The number of benzene rings is 1. The van der Waals surface area contributed by atoms with Gasteiger partial charge < -0.3 is 5.73 Å². The van der Waals surface area contributed by atoms with Gasteiger partial charge in [0.05, 0.1) is 0 Å². The van der Waals surface area contributed by atoms with Crippen LogP contribution in [0.4, 0.5) is 5.69 Å². The summed E-state index contributed by atoms with van der Waals surface area (Å²) in [5, 5.41) is 0. The van der Waals surface area contributed by atoms with Crippen LogP contribution in [-0.4, -0.2) is 0 Å². The van der Waals surface area contributed by atoms with Crippen LogP contribution in [0.5, 0.6) is 0 Å². The average molecular weight is 423 g/mol. The van der Waals surface area contributed by atoms with Crippen molar-refractivity contribution in [1.82, 2.24) is 0 Å². The summed E-state index contributed by atoms with van der Waals surface area (Å²) in [4.78, 5) is 0. The SMILES string of the molecule is CC1C[C@]2(C)C(C)C(C)CC2C2CCc3cc(N)c(I)cc3C12. The molecule has 2 N–H and O–H groups in total. The highest BCUT2D eigenvalue weighted by Crippen LogP contribution is 2.65. The number of hydrogen-bond acceptors (Lipinski definition) is 1. The van der Waals surface area contributed by atoms with Gasteiger partial charge in [0.2, 0.25) is 0 Å². The first-order chi connectivity index (χ1) is 10.8. The van der Waals surface area contributed by atoms with Crippen molar-refractivity contribution in [3.05, 3.63) is 26.8 Å². The summed E-state index contributed by atoms with van der Waals surface area (Å²) < 4.78 is 1.25. The molecule has 0 amide bonds. The van der Waals surface area contributed by atoms with Gasteiger partial charge in [0, 0.05) is 9.26 Å². The molecule has 0 spiro atoms. The second-order valence-electron chi connectivity index (χ2n) is 9.10. The lowest BCUT2D eigenvalue weighted by atomic mass is 9.51. The fourth-order valence-corrected chi connectivity index (χ4v) is 7.27. The molecule has 0 bridgehead atoms. The van der Waals surface area contributed by atoms with Gasteiger partial charge in [-0.1, -0.05) is 27.7 Å². The number of halogens is 1. The molecule has 3 aliphatic rings. The molecule has 7 atom stereocenters. The van der Waals surface area contributed by atoms with E-state index in [1.54, 1.807) is 11.1 Å². The molecule has 2 heteroatoms. The van der Waals surface area contributed by atoms with Gasteiger partial charge >= 0.3 is 0 Å². The van der Waals surface area contributed by atoms with E-state index in [4.69, 9.17) is 5.73 Å². The van der Waals surface area contributed by atoms with Crippen molar-refractivity contribution in [2.45, 2.75) is 59.3 Å². The lowest BCUT2D eigenvalue weighted by molar-refractivity contribution is -0.000272. The molecule has 6 unspecified atom stereocenters. The molecule has 2 fully saturated rings. The van der Waals surface area contributed by atoms with Crippen LogP contribution in [0, 0.1) is 38.6 Å². The summed E-state index contributed by atoms with van der Waals surface area (Å²) in [6, 6.07) is 4.69. The number of aryl methyl sites for hydroxylation is 1. The van der Waals surface area contributed by atoms with E-state index >= 15 is 0 Å². The van der Waals surface area contributed by atoms with Gasteiger partial charge in [0.15, 0.2) is 0 Å². The Morgan fingerprint density at radius 3 is 2.65 bits per heavy atom. The molecule has 1 aromatic carbocycles. The Hall–Kier alpha value is -0.250. The lowest BCUT2D eigenvalue weighted by Gasteiger charge is -2.53. The monoisotopic (exact) mass is 423 g/mol. The van der Waals surface area contributed by atoms with Crippen LogP contribution in [0.1, 0.15) is 64.0 Å². The quantitative estimate of drug-likeness (QED) is 0.411. The molecule has 3 aliphatic carbocycles. The predicted octanol–water partition coefficient (Wildman–Crippen LogP) is 5.86. The van der Waals surface area contributed by atoms with Crippen molar-refractivity contribution in [3.63, 3.8) is 0 Å². The van der Waals surface area contributed by atoms with Gasteiger partial charge in [0.1, 0.15) is 0 Å². The van der Waals surface area contributed by atoms with E-state index < -0.39 is 0 Å². The highest BCUT2D eigenvalue weighted by Gasteiger charge is 2.57. The molecule has 2 saturated carbocycles. The van der Waals surface area contributed by atoms with E-state index in [0.717, 1.165) is 41.2 Å². The van der Waals surface area contributed by atoms with Gasteiger partial charge in [-0.15, -0.1) is 0 Å². The lowest BCUT2D eigenvalue weighted by Crippen LogP contribution is -2.45. The maximum atomic E-state index is 6.18. The van der Waals surface area contributed by atoms with Gasteiger partial charge in [-0.05, 0) is 112 Å². The topological polar surface area (TPSA) is 26.0 Å². The number of nitrogen functional groups attached to an aromatic ring is 1. The van der Waals surface area contributed by atoms with Crippen LogP contribution in [0.25, 0.3) is 0 Å². The fourth-order valence-electron chi connectivity index (χ4n) is 6.78. The molecule has 0 radical (unpaired) electrons. The van der Waals surface area contributed by atoms with E-state index in [1.165, 1.54) is 29.3 Å². The van der Waals surface area contributed by atoms with Gasteiger partial charge in [-0.2, -0.15) is 0 Å². The number of anilines is 1. The zero-order valence-electron chi connectivity index (χ0n) is 14.9. The van der Waals surface area contributed by atoms with Crippen molar-refractivity contribution in [2.75, 3.05) is 5.73 Å². The molecule has 23 heavy (non-hydrogen) atoms. The average Bonchev–Trinajstić information content (AvgIpc) is 2.72. The maximum absolute atomic E-state index is 6.18. The van der Waals surface area contributed by atoms with Gasteiger partial charge in [-0.3, -0.25) is 0 Å². The third-order valence-corrected chi connectivity index (χ3v) is 9.02. The first-order valence-electron chi connectivity index (χ1n) is 9.40. The van der Waals surface area contributed by atoms with Crippen molar-refractivity contribution in [1.29, 1.82) is 0 Å². The zero-order valence-corrected chi connectivity index (χ0v) is 17.1. The fraction of sp³-hybridized carbons (Fsp3) is 0.714. The van der Waals surface area contributed by atoms with Crippen molar-refractivity contribution < 1.29 is 0 Å². The highest BCUT2D eigenvalue weighted by atomic mass is 127. The number of fused-ring (bicyclic) bond motifs is 5. The molecule has 1 aromatic rings. The minimum atomic E-state index is 0.568. The van der Waals surface area contributed by atoms with E-state index in [2.05, 4.69) is 62.4 Å². The third kappa shape index (κ3) is 2.22. The van der Waals surface area contributed by atoms with E-state index in [1.807, 2.05) is 0 Å². The van der Waals surface area contributed by atoms with Crippen LogP contribution in [0.2, 0.25) is 0 Å². The standard InChI is InChI=1S/C21H30IN/c1-11-7-17-15-6-5-14-8-19(23)18(22)9-16(14)20(15)12(2)10-21(17,4)13(11)3/h8-9,11-13,15,17,20H,5-7,10,23H2,1-4H3/t11?,12?,13?,15?,17?,20?,21-/m1/s1.